The Morgan fingerprint density at radius 3 is 2.70 bits per heavy atom. The second-order valence-electron chi connectivity index (χ2n) is 5.21. The highest BCUT2D eigenvalue weighted by Crippen LogP contribution is 2.15. The van der Waals surface area contributed by atoms with Crippen molar-refractivity contribution in [3.63, 3.8) is 0 Å². The number of nitrogens with one attached hydrogen (secondary N) is 1. The zero-order valence-corrected chi connectivity index (χ0v) is 12.6. The highest BCUT2D eigenvalue weighted by atomic mass is 16.2. The second kappa shape index (κ2) is 6.78. The topological polar surface area (TPSA) is 85.6 Å². The van der Waals surface area contributed by atoms with Crippen LogP contribution in [0.3, 0.4) is 0 Å². The number of hydrogen-bond donors (Lipinski definition) is 1. The maximum atomic E-state index is 12.6. The van der Waals surface area contributed by atoms with E-state index in [9.17, 15) is 4.79 Å². The molecule has 0 saturated carbocycles. The molecule has 0 fully saturated rings. The first-order chi connectivity index (χ1) is 11.2. The molecule has 0 bridgehead atoms. The zero-order chi connectivity index (χ0) is 16.1. The highest BCUT2D eigenvalue weighted by molar-refractivity contribution is 5.93. The summed E-state index contributed by atoms with van der Waals surface area (Å²) in [6.07, 6.45) is 3.64. The van der Waals surface area contributed by atoms with E-state index in [-0.39, 0.29) is 5.91 Å². The number of carbonyl (C=O) groups excluding carboxylic acids is 1. The number of nitrogens with zero attached hydrogens (tertiary/aromatic N) is 5. The van der Waals surface area contributed by atoms with Crippen molar-refractivity contribution < 1.29 is 4.79 Å². The Morgan fingerprint density at radius 2 is 2.04 bits per heavy atom. The fourth-order valence-corrected chi connectivity index (χ4v) is 2.21. The van der Waals surface area contributed by atoms with E-state index in [1.165, 1.54) is 11.0 Å². The summed E-state index contributed by atoms with van der Waals surface area (Å²) in [6, 6.07) is 12.9. The molecule has 116 valence electrons. The molecule has 1 atom stereocenters. The molecule has 0 saturated heterocycles. The van der Waals surface area contributed by atoms with Gasteiger partial charge in [0.05, 0.1) is 0 Å². The smallest absolute Gasteiger partial charge is 0.250 e. The quantitative estimate of drug-likeness (QED) is 0.776. The average molecular weight is 308 g/mol. The van der Waals surface area contributed by atoms with Gasteiger partial charge in [-0.2, -0.15) is 0 Å². The largest absolute Gasteiger partial charge is 0.309 e. The van der Waals surface area contributed by atoms with Crippen molar-refractivity contribution in [3.05, 3.63) is 66.1 Å². The predicted octanol–water partition coefficient (Wildman–Crippen LogP) is 1.80. The molecule has 0 aliphatic carbocycles. The molecule has 1 N–H and O–H groups in total. The average Bonchev–Trinajstić information content (AvgIpc) is 3.10. The molecule has 7 heteroatoms. The van der Waals surface area contributed by atoms with Crippen molar-refractivity contribution in [2.45, 2.75) is 19.4 Å². The normalized spacial score (nSPS) is 11.9. The Kier molecular flexibility index (Phi) is 4.37. The molecule has 23 heavy (non-hydrogen) atoms. The van der Waals surface area contributed by atoms with Crippen LogP contribution in [0.1, 0.15) is 17.2 Å². The molecule has 0 aliphatic heterocycles. The molecule has 0 aliphatic rings. The van der Waals surface area contributed by atoms with Gasteiger partial charge in [0, 0.05) is 12.6 Å². The lowest BCUT2D eigenvalue weighted by molar-refractivity contribution is -0.119. The van der Waals surface area contributed by atoms with Gasteiger partial charge in [-0.25, -0.2) is 9.67 Å². The van der Waals surface area contributed by atoms with Crippen LogP contribution in [0.2, 0.25) is 0 Å². The number of aromatic nitrogens is 5. The van der Waals surface area contributed by atoms with Crippen LogP contribution < -0.4 is 5.32 Å². The minimum absolute atomic E-state index is 0.211. The van der Waals surface area contributed by atoms with Gasteiger partial charge >= 0.3 is 0 Å². The van der Waals surface area contributed by atoms with Gasteiger partial charge in [0.15, 0.2) is 0 Å². The van der Waals surface area contributed by atoms with Crippen molar-refractivity contribution in [1.29, 1.82) is 0 Å². The number of aryl methyl sites for hydroxylation is 1. The summed E-state index contributed by atoms with van der Waals surface area (Å²) in [5, 5.41) is 13.9. The van der Waals surface area contributed by atoms with Crippen LogP contribution in [0.15, 0.2) is 55.0 Å². The number of rotatable bonds is 5. The lowest BCUT2D eigenvalue weighted by Crippen LogP contribution is -2.28. The molecule has 2 heterocycles. The first kappa shape index (κ1) is 14.8. The van der Waals surface area contributed by atoms with E-state index in [2.05, 4.69) is 25.8 Å². The number of tetrazole rings is 1. The van der Waals surface area contributed by atoms with E-state index in [4.69, 9.17) is 0 Å². The predicted molar refractivity (Wildman–Crippen MR) is 84.6 cm³/mol. The van der Waals surface area contributed by atoms with Crippen molar-refractivity contribution in [3.8, 4) is 0 Å². The molecule has 0 spiro atoms. The SMILES string of the molecule is Cc1ccc(NC(=O)[C@H](Cc2ccccc2)n2cnnn2)nc1. The Labute approximate surface area is 133 Å². The molecule has 0 unspecified atom stereocenters. The minimum atomic E-state index is -0.546. The Morgan fingerprint density at radius 1 is 1.22 bits per heavy atom. The maximum absolute atomic E-state index is 12.6. The zero-order valence-electron chi connectivity index (χ0n) is 12.6. The standard InChI is InChI=1S/C16H16N6O/c1-12-7-8-15(17-10-12)19-16(23)14(22-11-18-20-21-22)9-13-5-3-2-4-6-13/h2-8,10-11,14H,9H2,1H3,(H,17,19,23)/t14-/m0/s1. The van der Waals surface area contributed by atoms with Gasteiger partial charge < -0.3 is 5.32 Å². The molecule has 7 nitrogen and oxygen atoms in total. The number of amides is 1. The molecule has 0 radical (unpaired) electrons. The van der Waals surface area contributed by atoms with E-state index in [0.29, 0.717) is 12.2 Å². The van der Waals surface area contributed by atoms with Gasteiger partial charge in [0.2, 0.25) is 0 Å². The van der Waals surface area contributed by atoms with E-state index >= 15 is 0 Å². The monoisotopic (exact) mass is 308 g/mol. The van der Waals surface area contributed by atoms with E-state index in [1.807, 2.05) is 43.3 Å². The van der Waals surface area contributed by atoms with Gasteiger partial charge in [0.25, 0.3) is 5.91 Å². The molecule has 3 rings (SSSR count). The fourth-order valence-electron chi connectivity index (χ4n) is 2.21. The minimum Gasteiger partial charge on any atom is -0.309 e. The Balaban J connectivity index is 1.80. The highest BCUT2D eigenvalue weighted by Gasteiger charge is 2.22. The first-order valence-corrected chi connectivity index (χ1v) is 7.22. The van der Waals surface area contributed by atoms with Crippen LogP contribution in [-0.2, 0) is 11.2 Å². The number of pyridine rings is 1. The third-order valence-electron chi connectivity index (χ3n) is 3.42. The molecule has 1 amide bonds. The van der Waals surface area contributed by atoms with E-state index < -0.39 is 6.04 Å². The lowest BCUT2D eigenvalue weighted by Gasteiger charge is -2.16. The van der Waals surface area contributed by atoms with Gasteiger partial charge in [-0.05, 0) is 34.5 Å². The van der Waals surface area contributed by atoms with Crippen LogP contribution >= 0.6 is 0 Å². The maximum Gasteiger partial charge on any atom is 0.250 e. The van der Waals surface area contributed by atoms with Crippen molar-refractivity contribution in [1.82, 2.24) is 25.2 Å². The molecule has 1 aromatic carbocycles. The van der Waals surface area contributed by atoms with Gasteiger partial charge in [0.1, 0.15) is 18.2 Å². The number of benzene rings is 1. The van der Waals surface area contributed by atoms with Crippen LogP contribution in [0.25, 0.3) is 0 Å². The number of carbonyl (C=O) groups is 1. The van der Waals surface area contributed by atoms with Crippen LogP contribution in [0.5, 0.6) is 0 Å². The lowest BCUT2D eigenvalue weighted by atomic mass is 10.1. The molecular weight excluding hydrogens is 292 g/mol. The molecule has 2 aromatic heterocycles. The summed E-state index contributed by atoms with van der Waals surface area (Å²) in [6.45, 7) is 1.94. The molecular formula is C16H16N6O. The summed E-state index contributed by atoms with van der Waals surface area (Å²) >= 11 is 0. The summed E-state index contributed by atoms with van der Waals surface area (Å²) in [7, 11) is 0. The van der Waals surface area contributed by atoms with E-state index in [1.54, 1.807) is 12.3 Å². The first-order valence-electron chi connectivity index (χ1n) is 7.22. The van der Waals surface area contributed by atoms with Crippen molar-refractivity contribution >= 4 is 11.7 Å². The third kappa shape index (κ3) is 3.76. The Hall–Kier alpha value is -3.09. The van der Waals surface area contributed by atoms with Gasteiger partial charge in [-0.3, -0.25) is 4.79 Å². The summed E-state index contributed by atoms with van der Waals surface area (Å²) in [4.78, 5) is 16.8. The summed E-state index contributed by atoms with van der Waals surface area (Å²) in [5.74, 6) is 0.296. The van der Waals surface area contributed by atoms with Gasteiger partial charge in [-0.15, -0.1) is 5.10 Å². The third-order valence-corrected chi connectivity index (χ3v) is 3.42. The fraction of sp³-hybridized carbons (Fsp3) is 0.188. The van der Waals surface area contributed by atoms with Crippen LogP contribution in [0, 0.1) is 6.92 Å². The number of anilines is 1. The molecule has 3 aromatic rings. The van der Waals surface area contributed by atoms with Crippen molar-refractivity contribution in [2.24, 2.45) is 0 Å². The van der Waals surface area contributed by atoms with Gasteiger partial charge in [-0.1, -0.05) is 36.4 Å². The van der Waals surface area contributed by atoms with E-state index in [0.717, 1.165) is 11.1 Å². The second-order valence-corrected chi connectivity index (χ2v) is 5.21. The van der Waals surface area contributed by atoms with Crippen molar-refractivity contribution in [2.75, 3.05) is 5.32 Å². The Bertz CT molecular complexity index is 755. The summed E-state index contributed by atoms with van der Waals surface area (Å²) in [5.41, 5.74) is 2.06. The summed E-state index contributed by atoms with van der Waals surface area (Å²) < 4.78 is 1.45. The van der Waals surface area contributed by atoms with Crippen LogP contribution in [-0.4, -0.2) is 31.1 Å². The number of hydrogen-bond acceptors (Lipinski definition) is 5. The van der Waals surface area contributed by atoms with Crippen LogP contribution in [0.4, 0.5) is 5.82 Å².